The Labute approximate surface area is 188 Å². The monoisotopic (exact) mass is 434 g/mol. The number of fused-ring (bicyclic) bond motifs is 1. The summed E-state index contributed by atoms with van der Waals surface area (Å²) in [7, 11) is 0. The zero-order valence-corrected chi connectivity index (χ0v) is 18.9. The van der Waals surface area contributed by atoms with Crippen LogP contribution < -0.4 is 4.74 Å². The number of ketones is 1. The SMILES string of the molecule is CCC(CC)(c1ccc(OC2CCCCC2=O)c(C)c1)c1ccc2oc(C(=O)O)cc2c1. The Kier molecular flexibility index (Phi) is 6.09. The maximum Gasteiger partial charge on any atom is 0.371 e. The van der Waals surface area contributed by atoms with Crippen LogP contribution in [0.15, 0.2) is 46.9 Å². The predicted molar refractivity (Wildman–Crippen MR) is 124 cm³/mol. The Balaban J connectivity index is 1.70. The second-order valence-electron chi connectivity index (χ2n) is 8.76. The van der Waals surface area contributed by atoms with Crippen LogP contribution in [0.1, 0.15) is 79.6 Å². The van der Waals surface area contributed by atoms with Crippen LogP contribution in [0.25, 0.3) is 11.0 Å². The van der Waals surface area contributed by atoms with Crippen molar-refractivity contribution in [3.63, 3.8) is 0 Å². The van der Waals surface area contributed by atoms with Crippen molar-refractivity contribution < 1.29 is 23.8 Å². The van der Waals surface area contributed by atoms with Crippen LogP contribution in [0, 0.1) is 6.92 Å². The van der Waals surface area contributed by atoms with E-state index in [1.165, 1.54) is 5.56 Å². The maximum absolute atomic E-state index is 12.2. The van der Waals surface area contributed by atoms with Crippen LogP contribution in [0.4, 0.5) is 0 Å². The maximum atomic E-state index is 12.2. The molecular weight excluding hydrogens is 404 g/mol. The lowest BCUT2D eigenvalue weighted by molar-refractivity contribution is -0.127. The lowest BCUT2D eigenvalue weighted by Crippen LogP contribution is -2.30. The van der Waals surface area contributed by atoms with Gasteiger partial charge < -0.3 is 14.3 Å². The predicted octanol–water partition coefficient (Wildman–Crippen LogP) is 6.44. The molecule has 0 spiro atoms. The molecule has 2 aromatic carbocycles. The van der Waals surface area contributed by atoms with Crippen molar-refractivity contribution in [2.24, 2.45) is 0 Å². The van der Waals surface area contributed by atoms with Gasteiger partial charge in [-0.05, 0) is 80.0 Å². The first-order chi connectivity index (χ1) is 15.4. The number of furan rings is 1. The van der Waals surface area contributed by atoms with E-state index in [0.29, 0.717) is 12.0 Å². The molecule has 0 amide bonds. The molecule has 3 aromatic rings. The number of aromatic carboxylic acids is 1. The molecule has 1 heterocycles. The summed E-state index contributed by atoms with van der Waals surface area (Å²) in [5.74, 6) is -0.148. The van der Waals surface area contributed by atoms with Gasteiger partial charge in [0.25, 0.3) is 0 Å². The van der Waals surface area contributed by atoms with Crippen molar-refractivity contribution in [1.29, 1.82) is 0 Å². The van der Waals surface area contributed by atoms with E-state index in [0.717, 1.165) is 54.4 Å². The summed E-state index contributed by atoms with van der Waals surface area (Å²) in [6.07, 6.45) is 4.83. The highest BCUT2D eigenvalue weighted by Crippen LogP contribution is 2.41. The van der Waals surface area contributed by atoms with Gasteiger partial charge in [0.2, 0.25) is 5.76 Å². The van der Waals surface area contributed by atoms with E-state index < -0.39 is 5.97 Å². The molecule has 0 aliphatic heterocycles. The van der Waals surface area contributed by atoms with Gasteiger partial charge >= 0.3 is 5.97 Å². The Hall–Kier alpha value is -3.08. The number of hydrogen-bond acceptors (Lipinski definition) is 4. The number of aryl methyl sites for hydroxylation is 1. The number of rotatable bonds is 7. The molecule has 168 valence electrons. The van der Waals surface area contributed by atoms with Gasteiger partial charge in [-0.2, -0.15) is 0 Å². The van der Waals surface area contributed by atoms with Gasteiger partial charge in [-0.25, -0.2) is 4.79 Å². The van der Waals surface area contributed by atoms with Gasteiger partial charge in [0.05, 0.1) is 0 Å². The third-order valence-electron chi connectivity index (χ3n) is 6.98. The van der Waals surface area contributed by atoms with E-state index in [-0.39, 0.29) is 23.1 Å². The molecule has 1 fully saturated rings. The Bertz CT molecular complexity index is 1150. The Morgan fingerprint density at radius 3 is 2.47 bits per heavy atom. The van der Waals surface area contributed by atoms with Crippen LogP contribution in [-0.4, -0.2) is 23.0 Å². The number of benzene rings is 2. The molecule has 1 atom stereocenters. The van der Waals surface area contributed by atoms with Crippen LogP contribution in [0.2, 0.25) is 0 Å². The van der Waals surface area contributed by atoms with Crippen molar-refractivity contribution in [3.8, 4) is 5.75 Å². The largest absolute Gasteiger partial charge is 0.482 e. The molecule has 1 unspecified atom stereocenters. The van der Waals surface area contributed by atoms with Gasteiger partial charge in [0.1, 0.15) is 11.3 Å². The fourth-order valence-electron chi connectivity index (χ4n) is 4.99. The first-order valence-corrected chi connectivity index (χ1v) is 11.5. The molecule has 4 rings (SSSR count). The first-order valence-electron chi connectivity index (χ1n) is 11.5. The average Bonchev–Trinajstić information content (AvgIpc) is 3.22. The van der Waals surface area contributed by atoms with Crippen molar-refractivity contribution in [3.05, 3.63) is 64.9 Å². The molecule has 5 nitrogen and oxygen atoms in total. The van der Waals surface area contributed by atoms with Crippen molar-refractivity contribution in [1.82, 2.24) is 0 Å². The lowest BCUT2D eigenvalue weighted by Gasteiger charge is -2.34. The topological polar surface area (TPSA) is 76.7 Å². The summed E-state index contributed by atoms with van der Waals surface area (Å²) in [4.78, 5) is 23.5. The van der Waals surface area contributed by atoms with Gasteiger partial charge in [-0.1, -0.05) is 32.0 Å². The fourth-order valence-corrected chi connectivity index (χ4v) is 4.99. The molecule has 5 heteroatoms. The second kappa shape index (κ2) is 8.81. The second-order valence-corrected chi connectivity index (χ2v) is 8.76. The molecule has 0 radical (unpaired) electrons. The van der Waals surface area contributed by atoms with Crippen LogP contribution in [0.3, 0.4) is 0 Å². The third-order valence-corrected chi connectivity index (χ3v) is 6.98. The molecule has 0 saturated heterocycles. The molecule has 32 heavy (non-hydrogen) atoms. The minimum absolute atomic E-state index is 0.0506. The van der Waals surface area contributed by atoms with Crippen LogP contribution in [-0.2, 0) is 10.2 Å². The quantitative estimate of drug-likeness (QED) is 0.463. The highest BCUT2D eigenvalue weighted by atomic mass is 16.5. The van der Waals surface area contributed by atoms with E-state index in [4.69, 9.17) is 9.15 Å². The smallest absolute Gasteiger partial charge is 0.371 e. The third kappa shape index (κ3) is 3.92. The number of carboxylic acids is 1. The van der Waals surface area contributed by atoms with E-state index in [9.17, 15) is 14.7 Å². The summed E-state index contributed by atoms with van der Waals surface area (Å²) < 4.78 is 11.5. The Morgan fingerprint density at radius 2 is 1.81 bits per heavy atom. The highest BCUT2D eigenvalue weighted by Gasteiger charge is 2.32. The number of carbonyl (C=O) groups excluding carboxylic acids is 1. The molecule has 1 saturated carbocycles. The molecule has 1 aliphatic carbocycles. The minimum atomic E-state index is -1.07. The number of carboxylic acid groups (broad SMARTS) is 1. The van der Waals surface area contributed by atoms with Crippen molar-refractivity contribution >= 4 is 22.7 Å². The van der Waals surface area contributed by atoms with Gasteiger partial charge in [-0.15, -0.1) is 0 Å². The molecule has 1 aliphatic rings. The van der Waals surface area contributed by atoms with E-state index >= 15 is 0 Å². The molecule has 1 N–H and O–H groups in total. The summed E-state index contributed by atoms with van der Waals surface area (Å²) in [6, 6.07) is 13.8. The minimum Gasteiger partial charge on any atom is -0.482 e. The number of carbonyl (C=O) groups is 2. The van der Waals surface area contributed by atoms with E-state index in [1.54, 1.807) is 6.07 Å². The molecule has 1 aromatic heterocycles. The van der Waals surface area contributed by atoms with E-state index in [2.05, 4.69) is 26.0 Å². The van der Waals surface area contributed by atoms with Crippen LogP contribution >= 0.6 is 0 Å². The number of hydrogen-bond donors (Lipinski definition) is 1. The average molecular weight is 435 g/mol. The van der Waals surface area contributed by atoms with Crippen molar-refractivity contribution in [2.45, 2.75) is 70.8 Å². The zero-order chi connectivity index (χ0) is 22.9. The Morgan fingerprint density at radius 1 is 1.09 bits per heavy atom. The highest BCUT2D eigenvalue weighted by molar-refractivity contribution is 5.91. The fraction of sp³-hybridized carbons (Fsp3) is 0.407. The van der Waals surface area contributed by atoms with Gasteiger partial charge in [0, 0.05) is 17.2 Å². The van der Waals surface area contributed by atoms with Gasteiger partial charge in [0.15, 0.2) is 11.9 Å². The molecular formula is C27H30O5. The first kappa shape index (κ1) is 22.1. The van der Waals surface area contributed by atoms with Crippen molar-refractivity contribution in [2.75, 3.05) is 0 Å². The van der Waals surface area contributed by atoms with E-state index in [1.807, 2.05) is 31.2 Å². The number of Topliss-reactive ketones (excluding diaryl/α,β-unsaturated/α-hetero) is 1. The molecule has 0 bridgehead atoms. The summed E-state index contributed by atoms with van der Waals surface area (Å²) >= 11 is 0. The zero-order valence-electron chi connectivity index (χ0n) is 18.9. The van der Waals surface area contributed by atoms with Gasteiger partial charge in [-0.3, -0.25) is 4.79 Å². The normalized spacial score (nSPS) is 17.0. The standard InChI is InChI=1S/C27H30O5/c1-4-27(5-2,20-11-13-23-18(15-20)16-25(32-23)26(29)30)19-10-12-22(17(3)14-19)31-24-9-7-6-8-21(24)28/h10-16,24H,4-9H2,1-3H3,(H,29,30). The summed E-state index contributed by atoms with van der Waals surface area (Å²) in [6.45, 7) is 6.37. The summed E-state index contributed by atoms with van der Waals surface area (Å²) in [5.41, 5.74) is 3.68. The lowest BCUT2D eigenvalue weighted by atomic mass is 9.70. The number of ether oxygens (including phenoxy) is 1. The van der Waals surface area contributed by atoms with Crippen LogP contribution in [0.5, 0.6) is 5.75 Å². The summed E-state index contributed by atoms with van der Waals surface area (Å²) in [5, 5.41) is 10.0.